The fraction of sp³-hybridized carbons (Fsp3) is 0.312. The lowest BCUT2D eigenvalue weighted by atomic mass is 10.3. The quantitative estimate of drug-likeness (QED) is 0.594. The number of imidazole rings is 1. The molecular formula is C16H15BrF3N5OS. The van der Waals surface area contributed by atoms with Crippen LogP contribution in [0.4, 0.5) is 18.9 Å². The van der Waals surface area contributed by atoms with Crippen molar-refractivity contribution < 1.29 is 17.4 Å². The van der Waals surface area contributed by atoms with E-state index in [-0.39, 0.29) is 5.52 Å². The van der Waals surface area contributed by atoms with Crippen LogP contribution in [0.3, 0.4) is 0 Å². The first-order chi connectivity index (χ1) is 12.7. The Morgan fingerprint density at radius 2 is 2.00 bits per heavy atom. The molecule has 0 amide bonds. The van der Waals surface area contributed by atoms with E-state index in [1.165, 1.54) is 0 Å². The molecule has 1 atom stereocenters. The van der Waals surface area contributed by atoms with Crippen molar-refractivity contribution in [3.63, 3.8) is 0 Å². The second-order valence-electron chi connectivity index (χ2n) is 5.61. The molecule has 3 rings (SSSR count). The van der Waals surface area contributed by atoms with Crippen molar-refractivity contribution in [1.29, 1.82) is 0 Å². The van der Waals surface area contributed by atoms with Gasteiger partial charge < -0.3 is 9.88 Å². The second-order valence-corrected chi connectivity index (χ2v) is 8.07. The summed E-state index contributed by atoms with van der Waals surface area (Å²) in [5.74, 6) is 0.676. The summed E-state index contributed by atoms with van der Waals surface area (Å²) in [5, 5.41) is 2.95. The number of nitrogens with zero attached hydrogens (tertiary/aromatic N) is 4. The largest absolute Gasteiger partial charge is 0.433 e. The minimum Gasteiger partial charge on any atom is -0.386 e. The van der Waals surface area contributed by atoms with Crippen molar-refractivity contribution in [2.75, 3.05) is 18.1 Å². The topological polar surface area (TPSA) is 72.7 Å². The third kappa shape index (κ3) is 3.57. The zero-order chi connectivity index (χ0) is 19.9. The fourth-order valence-corrected chi connectivity index (χ4v) is 4.00. The highest BCUT2D eigenvalue weighted by Gasteiger charge is 2.33. The number of aryl methyl sites for hydroxylation is 1. The number of anilines is 1. The molecule has 1 N–H and O–H groups in total. The molecule has 0 fully saturated rings. The minimum absolute atomic E-state index is 0.138. The molecule has 0 spiro atoms. The third-order valence-corrected chi connectivity index (χ3v) is 5.92. The van der Waals surface area contributed by atoms with Crippen LogP contribution >= 0.6 is 15.9 Å². The summed E-state index contributed by atoms with van der Waals surface area (Å²) in [6, 6.07) is 2.59. The van der Waals surface area contributed by atoms with Crippen LogP contribution in [0, 0.1) is 0 Å². The van der Waals surface area contributed by atoms with E-state index in [1.54, 1.807) is 31.7 Å². The average molecular weight is 462 g/mol. The van der Waals surface area contributed by atoms with Crippen LogP contribution in [-0.4, -0.2) is 36.5 Å². The lowest BCUT2D eigenvalue weighted by Crippen LogP contribution is -2.07. The van der Waals surface area contributed by atoms with Gasteiger partial charge in [0.25, 0.3) is 0 Å². The summed E-state index contributed by atoms with van der Waals surface area (Å²) >= 11 is 3.35. The highest BCUT2D eigenvalue weighted by molar-refractivity contribution is 9.10. The lowest BCUT2D eigenvalue weighted by molar-refractivity contribution is -0.141. The molecule has 11 heteroatoms. The molecule has 3 aromatic heterocycles. The first-order valence-electron chi connectivity index (χ1n) is 7.84. The van der Waals surface area contributed by atoms with Crippen molar-refractivity contribution >= 4 is 43.5 Å². The summed E-state index contributed by atoms with van der Waals surface area (Å²) in [5.41, 5.74) is 0.529. The van der Waals surface area contributed by atoms with Gasteiger partial charge in [0.15, 0.2) is 5.82 Å². The first-order valence-corrected chi connectivity index (χ1v) is 9.95. The van der Waals surface area contributed by atoms with Gasteiger partial charge in [-0.15, -0.1) is 0 Å². The molecule has 144 valence electrons. The maximum atomic E-state index is 12.9. The maximum absolute atomic E-state index is 12.9. The van der Waals surface area contributed by atoms with Crippen LogP contribution in [0.5, 0.6) is 0 Å². The van der Waals surface area contributed by atoms with Crippen LogP contribution < -0.4 is 5.32 Å². The molecule has 1 unspecified atom stereocenters. The molecule has 0 radical (unpaired) electrons. The van der Waals surface area contributed by atoms with Gasteiger partial charge in [0, 0.05) is 19.8 Å². The molecule has 3 aromatic rings. The summed E-state index contributed by atoms with van der Waals surface area (Å²) in [6.07, 6.45) is -3.43. The summed E-state index contributed by atoms with van der Waals surface area (Å²) in [6.45, 7) is 1.77. The normalized spacial score (nSPS) is 13.1. The number of alkyl halides is 3. The molecule has 0 saturated heterocycles. The van der Waals surface area contributed by atoms with E-state index < -0.39 is 22.7 Å². The van der Waals surface area contributed by atoms with E-state index in [4.69, 9.17) is 0 Å². The Bertz CT molecular complexity index is 1050. The van der Waals surface area contributed by atoms with E-state index in [9.17, 15) is 17.4 Å². The van der Waals surface area contributed by atoms with Crippen molar-refractivity contribution in [3.8, 4) is 11.5 Å². The number of aromatic nitrogens is 4. The Balaban J connectivity index is 2.27. The Hall–Kier alpha value is -2.01. The van der Waals surface area contributed by atoms with Gasteiger partial charge in [-0.1, -0.05) is 6.92 Å². The average Bonchev–Trinajstić information content (AvgIpc) is 2.96. The van der Waals surface area contributed by atoms with Gasteiger partial charge in [-0.2, -0.15) is 13.2 Å². The van der Waals surface area contributed by atoms with Crippen molar-refractivity contribution in [2.24, 2.45) is 7.05 Å². The van der Waals surface area contributed by atoms with Crippen LogP contribution in [0.25, 0.3) is 22.6 Å². The van der Waals surface area contributed by atoms with Crippen LogP contribution in [0.1, 0.15) is 12.6 Å². The number of fused-ring (bicyclic) bond motifs is 1. The molecule has 0 aliphatic heterocycles. The number of hydrogen-bond acceptors (Lipinski definition) is 5. The van der Waals surface area contributed by atoms with Gasteiger partial charge in [0.1, 0.15) is 16.0 Å². The van der Waals surface area contributed by atoms with Crippen LogP contribution in [0.15, 0.2) is 27.8 Å². The smallest absolute Gasteiger partial charge is 0.386 e. The molecule has 3 heterocycles. The van der Waals surface area contributed by atoms with Gasteiger partial charge in [-0.25, -0.2) is 15.0 Å². The molecule has 0 aliphatic carbocycles. The summed E-state index contributed by atoms with van der Waals surface area (Å²) in [7, 11) is 2.02. The van der Waals surface area contributed by atoms with Gasteiger partial charge >= 0.3 is 6.18 Å². The highest BCUT2D eigenvalue weighted by atomic mass is 79.9. The Labute approximate surface area is 163 Å². The number of hydrogen-bond donors (Lipinski definition) is 1. The van der Waals surface area contributed by atoms with Crippen molar-refractivity contribution in [3.05, 3.63) is 28.6 Å². The van der Waals surface area contributed by atoms with Crippen molar-refractivity contribution in [1.82, 2.24) is 19.5 Å². The standard InChI is InChI=1S/C16H15BrF3N5OS/c1-4-27(26)11-5-9(21-2)14(17)24-13(11)15-23-8-6-12(16(18,19)20)22-7-10(8)25(15)3/h5-7,21H,4H2,1-3H3. The van der Waals surface area contributed by atoms with E-state index >= 15 is 0 Å². The highest BCUT2D eigenvalue weighted by Crippen LogP contribution is 2.34. The van der Waals surface area contributed by atoms with Crippen LogP contribution in [-0.2, 0) is 24.0 Å². The van der Waals surface area contributed by atoms with Gasteiger partial charge in [0.2, 0.25) is 0 Å². The number of pyridine rings is 2. The monoisotopic (exact) mass is 461 g/mol. The van der Waals surface area contributed by atoms with Crippen molar-refractivity contribution in [2.45, 2.75) is 18.0 Å². The van der Waals surface area contributed by atoms with E-state index in [0.717, 1.165) is 12.3 Å². The summed E-state index contributed by atoms with van der Waals surface area (Å²) in [4.78, 5) is 12.7. The van der Waals surface area contributed by atoms with Gasteiger partial charge in [-0.3, -0.25) is 4.21 Å². The summed E-state index contributed by atoms with van der Waals surface area (Å²) < 4.78 is 53.4. The molecule has 0 saturated carbocycles. The molecule has 6 nitrogen and oxygen atoms in total. The SMILES string of the molecule is CCS(=O)c1cc(NC)c(Br)nc1-c1nc2cc(C(F)(F)F)ncc2n1C. The van der Waals surface area contributed by atoms with E-state index in [1.807, 2.05) is 0 Å². The molecule has 27 heavy (non-hydrogen) atoms. The number of rotatable bonds is 4. The van der Waals surface area contributed by atoms with Gasteiger partial charge in [-0.05, 0) is 28.1 Å². The van der Waals surface area contributed by atoms with Gasteiger partial charge in [0.05, 0.1) is 38.6 Å². The zero-order valence-electron chi connectivity index (χ0n) is 14.6. The molecular weight excluding hydrogens is 447 g/mol. The fourth-order valence-electron chi connectivity index (χ4n) is 2.59. The van der Waals surface area contributed by atoms with E-state index in [0.29, 0.717) is 38.0 Å². The second kappa shape index (κ2) is 7.19. The Kier molecular flexibility index (Phi) is 5.26. The number of nitrogens with one attached hydrogen (secondary N) is 1. The zero-order valence-corrected chi connectivity index (χ0v) is 17.0. The third-order valence-electron chi connectivity index (χ3n) is 3.99. The Morgan fingerprint density at radius 3 is 2.59 bits per heavy atom. The van der Waals surface area contributed by atoms with E-state index in [2.05, 4.69) is 36.2 Å². The molecule has 0 bridgehead atoms. The number of halogens is 4. The molecule has 0 aromatic carbocycles. The first kappa shape index (κ1) is 19.7. The molecule has 0 aliphatic rings. The Morgan fingerprint density at radius 1 is 1.30 bits per heavy atom. The predicted molar refractivity (Wildman–Crippen MR) is 101 cm³/mol. The predicted octanol–water partition coefficient (Wildman–Crippen LogP) is 3.98. The van der Waals surface area contributed by atoms with Crippen LogP contribution in [0.2, 0.25) is 0 Å². The maximum Gasteiger partial charge on any atom is 0.433 e. The lowest BCUT2D eigenvalue weighted by Gasteiger charge is -2.12. The minimum atomic E-state index is -4.56.